The van der Waals surface area contributed by atoms with Crippen LogP contribution in [0.5, 0.6) is 0 Å². The maximum absolute atomic E-state index is 6.14. The minimum absolute atomic E-state index is 0.163. The highest BCUT2D eigenvalue weighted by Gasteiger charge is 2.41. The molecule has 0 N–H and O–H groups in total. The van der Waals surface area contributed by atoms with E-state index in [1.54, 1.807) is 0 Å². The Kier molecular flexibility index (Phi) is 6.15. The van der Waals surface area contributed by atoms with Crippen LogP contribution >= 0.6 is 0 Å². The van der Waals surface area contributed by atoms with E-state index in [2.05, 4.69) is 23.0 Å². The smallest absolute Gasteiger partial charge is 0.179 e. The lowest BCUT2D eigenvalue weighted by molar-refractivity contribution is -0.151. The number of nitrogens with zero attached hydrogens (tertiary/aromatic N) is 2. The third-order valence-corrected chi connectivity index (χ3v) is 6.41. The first kappa shape index (κ1) is 14.5. The summed E-state index contributed by atoms with van der Waals surface area (Å²) in [5.41, 5.74) is 0. The van der Waals surface area contributed by atoms with Gasteiger partial charge in [0.1, 0.15) is 0 Å². The van der Waals surface area contributed by atoms with Crippen molar-refractivity contribution in [1.29, 1.82) is 0 Å². The van der Waals surface area contributed by atoms with Crippen LogP contribution in [0.2, 0.25) is 0 Å². The van der Waals surface area contributed by atoms with Crippen LogP contribution in [0.4, 0.5) is 0 Å². The lowest BCUT2D eigenvalue weighted by Crippen LogP contribution is -2.70. The minimum Gasteiger partial charge on any atom is -0.351 e. The van der Waals surface area contributed by atoms with Crippen molar-refractivity contribution in [1.82, 2.24) is 9.13 Å². The van der Waals surface area contributed by atoms with Crippen molar-refractivity contribution < 1.29 is 4.74 Å². The summed E-state index contributed by atoms with van der Waals surface area (Å²) in [6, 6.07) is 0.852. The largest absolute Gasteiger partial charge is 0.351 e. The first-order valence-electron chi connectivity index (χ1n) is 7.98. The van der Waals surface area contributed by atoms with Gasteiger partial charge in [-0.1, -0.05) is 39.5 Å². The van der Waals surface area contributed by atoms with E-state index >= 15 is 0 Å². The molecule has 0 amide bonds. The summed E-state index contributed by atoms with van der Waals surface area (Å²) in [7, 11) is -0.163. The maximum atomic E-state index is 6.14. The summed E-state index contributed by atoms with van der Waals surface area (Å²) >= 11 is 0. The number of unbranched alkanes of at least 4 members (excludes halogenated alkanes) is 1. The molecule has 1 unspecified atom stereocenters. The van der Waals surface area contributed by atoms with E-state index in [0.29, 0.717) is 6.35 Å². The summed E-state index contributed by atoms with van der Waals surface area (Å²) in [5, 5.41) is 0. The zero-order chi connectivity index (χ0) is 12.8. The Labute approximate surface area is 115 Å². The first-order valence-corrected chi connectivity index (χ1v) is 9.24. The standard InChI is InChI=1S/C14H30N2OSi/c1-3-5-12-17-14-15(11-4-2)18-16(14)13-9-7-6-8-10-13/h13-14H,3-12,18H2,1-2H3. The first-order chi connectivity index (χ1) is 8.86. The monoisotopic (exact) mass is 270 g/mol. The van der Waals surface area contributed by atoms with Gasteiger partial charge in [0.25, 0.3) is 0 Å². The highest BCUT2D eigenvalue weighted by molar-refractivity contribution is 6.32. The normalized spacial score (nSPS) is 28.7. The fourth-order valence-electron chi connectivity index (χ4n) is 3.17. The van der Waals surface area contributed by atoms with Gasteiger partial charge < -0.3 is 4.74 Å². The van der Waals surface area contributed by atoms with Crippen molar-refractivity contribution in [2.75, 3.05) is 13.2 Å². The summed E-state index contributed by atoms with van der Waals surface area (Å²) in [5.74, 6) is 0. The fraction of sp³-hybridized carbons (Fsp3) is 1.00. The third kappa shape index (κ3) is 3.56. The average Bonchev–Trinajstić information content (AvgIpc) is 2.40. The molecule has 106 valence electrons. The summed E-state index contributed by atoms with van der Waals surface area (Å²) in [6.07, 6.45) is 11.2. The highest BCUT2D eigenvalue weighted by atomic mass is 28.2. The molecule has 1 heterocycles. The molecule has 0 bridgehead atoms. The number of ether oxygens (including phenoxy) is 1. The van der Waals surface area contributed by atoms with Gasteiger partial charge in [-0.05, 0) is 32.2 Å². The molecule has 1 aliphatic heterocycles. The average molecular weight is 270 g/mol. The molecular formula is C14H30N2OSi. The third-order valence-electron chi connectivity index (χ3n) is 4.26. The number of hydrogen-bond donors (Lipinski definition) is 0. The molecule has 0 radical (unpaired) electrons. The van der Waals surface area contributed by atoms with Crippen LogP contribution in [-0.2, 0) is 4.74 Å². The van der Waals surface area contributed by atoms with Gasteiger partial charge in [-0.15, -0.1) is 0 Å². The summed E-state index contributed by atoms with van der Waals surface area (Å²) < 4.78 is 11.5. The number of rotatable bonds is 7. The van der Waals surface area contributed by atoms with Gasteiger partial charge >= 0.3 is 0 Å². The van der Waals surface area contributed by atoms with Crippen LogP contribution in [0.15, 0.2) is 0 Å². The second-order valence-corrected chi connectivity index (χ2v) is 7.64. The topological polar surface area (TPSA) is 15.7 Å². The molecule has 0 spiro atoms. The van der Waals surface area contributed by atoms with E-state index in [1.165, 1.54) is 57.9 Å². The van der Waals surface area contributed by atoms with E-state index < -0.39 is 0 Å². The second-order valence-electron chi connectivity index (χ2n) is 5.81. The van der Waals surface area contributed by atoms with Gasteiger partial charge in [0.05, 0.1) is 6.61 Å². The highest BCUT2D eigenvalue weighted by Crippen LogP contribution is 2.29. The van der Waals surface area contributed by atoms with Crippen LogP contribution in [0, 0.1) is 0 Å². The second kappa shape index (κ2) is 7.63. The predicted molar refractivity (Wildman–Crippen MR) is 78.9 cm³/mol. The number of hydrogen-bond acceptors (Lipinski definition) is 3. The van der Waals surface area contributed by atoms with E-state index in [1.807, 2.05) is 0 Å². The van der Waals surface area contributed by atoms with Gasteiger partial charge in [-0.3, -0.25) is 9.13 Å². The summed E-state index contributed by atoms with van der Waals surface area (Å²) in [6.45, 7) is 6.70. The van der Waals surface area contributed by atoms with Crippen molar-refractivity contribution in [3.05, 3.63) is 0 Å². The van der Waals surface area contributed by atoms with Crippen molar-refractivity contribution >= 4 is 9.84 Å². The molecule has 1 saturated carbocycles. The van der Waals surface area contributed by atoms with Crippen LogP contribution < -0.4 is 0 Å². The Hall–Kier alpha value is 0.0969. The fourth-order valence-corrected chi connectivity index (χ4v) is 5.27. The lowest BCUT2D eigenvalue weighted by Gasteiger charge is -2.54. The van der Waals surface area contributed by atoms with E-state index in [0.717, 1.165) is 12.6 Å². The molecule has 1 saturated heterocycles. The van der Waals surface area contributed by atoms with Crippen LogP contribution in [0.25, 0.3) is 0 Å². The van der Waals surface area contributed by atoms with Crippen molar-refractivity contribution in [3.8, 4) is 0 Å². The van der Waals surface area contributed by atoms with Crippen LogP contribution in [-0.4, -0.2) is 44.5 Å². The molecular weight excluding hydrogens is 240 g/mol. The molecule has 0 aromatic rings. The molecule has 18 heavy (non-hydrogen) atoms. The van der Waals surface area contributed by atoms with Gasteiger partial charge in [-0.2, -0.15) is 0 Å². The Morgan fingerprint density at radius 1 is 1.11 bits per heavy atom. The van der Waals surface area contributed by atoms with Crippen molar-refractivity contribution in [2.45, 2.75) is 77.6 Å². The van der Waals surface area contributed by atoms with Gasteiger partial charge in [0.2, 0.25) is 0 Å². The predicted octanol–water partition coefficient (Wildman–Crippen LogP) is 2.45. The van der Waals surface area contributed by atoms with Gasteiger partial charge in [0.15, 0.2) is 16.2 Å². The molecule has 2 aliphatic rings. The molecule has 0 aromatic carbocycles. The zero-order valence-corrected chi connectivity index (χ0v) is 13.6. The molecule has 2 rings (SSSR count). The Balaban J connectivity index is 1.81. The minimum atomic E-state index is -0.163. The molecule has 0 aromatic heterocycles. The maximum Gasteiger partial charge on any atom is 0.179 e. The van der Waals surface area contributed by atoms with Gasteiger partial charge in [-0.25, -0.2) is 0 Å². The van der Waals surface area contributed by atoms with E-state index in [9.17, 15) is 0 Å². The van der Waals surface area contributed by atoms with Crippen LogP contribution in [0.1, 0.15) is 65.2 Å². The van der Waals surface area contributed by atoms with Crippen LogP contribution in [0.3, 0.4) is 0 Å². The van der Waals surface area contributed by atoms with E-state index in [4.69, 9.17) is 4.74 Å². The molecule has 2 fully saturated rings. The lowest BCUT2D eigenvalue weighted by atomic mass is 9.95. The molecule has 4 heteroatoms. The van der Waals surface area contributed by atoms with Crippen molar-refractivity contribution in [3.63, 3.8) is 0 Å². The van der Waals surface area contributed by atoms with E-state index in [-0.39, 0.29) is 9.84 Å². The molecule has 3 nitrogen and oxygen atoms in total. The Morgan fingerprint density at radius 2 is 1.89 bits per heavy atom. The quantitative estimate of drug-likeness (QED) is 0.522. The summed E-state index contributed by atoms with van der Waals surface area (Å²) in [4.78, 5) is 0. The van der Waals surface area contributed by atoms with Crippen molar-refractivity contribution in [2.24, 2.45) is 0 Å². The Bertz CT molecular complexity index is 234. The Morgan fingerprint density at radius 3 is 2.56 bits per heavy atom. The molecule has 1 atom stereocenters. The molecule has 1 aliphatic carbocycles. The zero-order valence-electron chi connectivity index (χ0n) is 12.2. The SMILES string of the molecule is CCCCOC1N(CCC)[SiH2]N1C1CCCCC1. The van der Waals surface area contributed by atoms with Gasteiger partial charge in [0, 0.05) is 6.04 Å².